The molecule has 1 N–H and O–H groups in total. The fourth-order valence-corrected chi connectivity index (χ4v) is 2.77. The second-order valence-corrected chi connectivity index (χ2v) is 4.94. The molecule has 0 amide bonds. The number of hydrogen-bond acceptors (Lipinski definition) is 5. The van der Waals surface area contributed by atoms with Crippen LogP contribution in [-0.4, -0.2) is 50.4 Å². The smallest absolute Gasteiger partial charge is 0.325 e. The SMILES string of the molecule is COc1cc(C(C(=O)O)N2CCCC2)cc(OC)c1OC. The molecule has 6 nitrogen and oxygen atoms in total. The number of carboxylic acids is 1. The van der Waals surface area contributed by atoms with E-state index in [4.69, 9.17) is 14.2 Å². The summed E-state index contributed by atoms with van der Waals surface area (Å²) in [7, 11) is 4.56. The number of methoxy groups -OCH3 is 3. The van der Waals surface area contributed by atoms with Gasteiger partial charge in [-0.05, 0) is 43.6 Å². The van der Waals surface area contributed by atoms with E-state index in [1.54, 1.807) is 12.1 Å². The first kappa shape index (κ1) is 15.4. The summed E-state index contributed by atoms with van der Waals surface area (Å²) in [5.41, 5.74) is 0.638. The van der Waals surface area contributed by atoms with Gasteiger partial charge in [-0.1, -0.05) is 0 Å². The Bertz CT molecular complexity index is 486. The third-order valence-electron chi connectivity index (χ3n) is 3.74. The molecule has 0 spiro atoms. The van der Waals surface area contributed by atoms with Gasteiger partial charge in [-0.3, -0.25) is 9.69 Å². The number of ether oxygens (including phenoxy) is 3. The number of carbonyl (C=O) groups is 1. The van der Waals surface area contributed by atoms with Crippen molar-refractivity contribution in [3.05, 3.63) is 17.7 Å². The Morgan fingerprint density at radius 2 is 1.62 bits per heavy atom. The van der Waals surface area contributed by atoms with Crippen LogP contribution >= 0.6 is 0 Å². The molecule has 1 heterocycles. The van der Waals surface area contributed by atoms with E-state index in [1.165, 1.54) is 21.3 Å². The van der Waals surface area contributed by atoms with Crippen LogP contribution in [0.4, 0.5) is 0 Å². The molecule has 0 aliphatic carbocycles. The summed E-state index contributed by atoms with van der Waals surface area (Å²) < 4.78 is 15.9. The molecule has 1 aromatic rings. The van der Waals surface area contributed by atoms with Gasteiger partial charge in [-0.25, -0.2) is 0 Å². The highest BCUT2D eigenvalue weighted by molar-refractivity contribution is 5.76. The summed E-state index contributed by atoms with van der Waals surface area (Å²) in [6.07, 6.45) is 2.04. The Morgan fingerprint density at radius 3 is 2.00 bits per heavy atom. The topological polar surface area (TPSA) is 68.2 Å². The largest absolute Gasteiger partial charge is 0.493 e. The van der Waals surface area contributed by atoms with Gasteiger partial charge in [0.05, 0.1) is 21.3 Å². The molecule has 1 aliphatic heterocycles. The van der Waals surface area contributed by atoms with Gasteiger partial charge in [-0.15, -0.1) is 0 Å². The number of aliphatic carboxylic acids is 1. The minimum absolute atomic E-state index is 0.467. The molecule has 21 heavy (non-hydrogen) atoms. The van der Waals surface area contributed by atoms with Crippen LogP contribution in [0.3, 0.4) is 0 Å². The van der Waals surface area contributed by atoms with Gasteiger partial charge >= 0.3 is 5.97 Å². The highest BCUT2D eigenvalue weighted by Crippen LogP contribution is 2.41. The van der Waals surface area contributed by atoms with E-state index in [0.717, 1.165) is 25.9 Å². The lowest BCUT2D eigenvalue weighted by molar-refractivity contribution is -0.143. The van der Waals surface area contributed by atoms with Crippen LogP contribution in [-0.2, 0) is 4.79 Å². The Hall–Kier alpha value is -1.95. The average Bonchev–Trinajstić information content (AvgIpc) is 2.99. The van der Waals surface area contributed by atoms with E-state index in [1.807, 2.05) is 4.90 Å². The number of benzene rings is 1. The molecule has 0 radical (unpaired) electrons. The van der Waals surface area contributed by atoms with Gasteiger partial charge in [-0.2, -0.15) is 0 Å². The fourth-order valence-electron chi connectivity index (χ4n) is 2.77. The van der Waals surface area contributed by atoms with Gasteiger partial charge in [0.25, 0.3) is 0 Å². The number of nitrogens with zero attached hydrogens (tertiary/aromatic N) is 1. The van der Waals surface area contributed by atoms with E-state index in [2.05, 4.69) is 0 Å². The normalized spacial score (nSPS) is 16.5. The molecule has 2 rings (SSSR count). The first-order chi connectivity index (χ1) is 10.1. The van der Waals surface area contributed by atoms with Crippen molar-refractivity contribution in [3.8, 4) is 17.2 Å². The Balaban J connectivity index is 2.47. The third-order valence-corrected chi connectivity index (χ3v) is 3.74. The molecule has 1 fully saturated rings. The van der Waals surface area contributed by atoms with E-state index in [9.17, 15) is 9.90 Å². The van der Waals surface area contributed by atoms with Crippen LogP contribution in [0.2, 0.25) is 0 Å². The van der Waals surface area contributed by atoms with Crippen molar-refractivity contribution in [3.63, 3.8) is 0 Å². The highest BCUT2D eigenvalue weighted by Gasteiger charge is 2.31. The van der Waals surface area contributed by atoms with Crippen LogP contribution in [0.15, 0.2) is 12.1 Å². The summed E-state index contributed by atoms with van der Waals surface area (Å²) in [5, 5.41) is 9.59. The molecule has 116 valence electrons. The maximum atomic E-state index is 11.7. The van der Waals surface area contributed by atoms with E-state index >= 15 is 0 Å². The molecular weight excluding hydrogens is 274 g/mol. The lowest BCUT2D eigenvalue weighted by Crippen LogP contribution is -2.31. The zero-order valence-electron chi connectivity index (χ0n) is 12.6. The molecule has 0 saturated carbocycles. The standard InChI is InChI=1S/C15H21NO5/c1-19-11-8-10(9-12(20-2)14(11)21-3)13(15(17)18)16-6-4-5-7-16/h8-9,13H,4-7H2,1-3H3,(H,17,18). The molecule has 1 unspecified atom stereocenters. The molecule has 6 heteroatoms. The number of hydrogen-bond donors (Lipinski definition) is 1. The molecule has 1 atom stereocenters. The van der Waals surface area contributed by atoms with Crippen molar-refractivity contribution in [2.24, 2.45) is 0 Å². The summed E-state index contributed by atoms with van der Waals surface area (Å²) in [6.45, 7) is 1.57. The van der Waals surface area contributed by atoms with Crippen molar-refractivity contribution >= 4 is 5.97 Å². The zero-order valence-corrected chi connectivity index (χ0v) is 12.6. The maximum absolute atomic E-state index is 11.7. The quantitative estimate of drug-likeness (QED) is 0.865. The van der Waals surface area contributed by atoms with Crippen molar-refractivity contribution in [2.45, 2.75) is 18.9 Å². The van der Waals surface area contributed by atoms with Crippen LogP contribution in [0.5, 0.6) is 17.2 Å². The molecule has 1 saturated heterocycles. The van der Waals surface area contributed by atoms with Gasteiger partial charge in [0.2, 0.25) is 5.75 Å². The molecule has 1 aliphatic rings. The molecule has 1 aromatic carbocycles. The number of likely N-dealkylation sites (tertiary alicyclic amines) is 1. The molecular formula is C15H21NO5. The maximum Gasteiger partial charge on any atom is 0.325 e. The van der Waals surface area contributed by atoms with E-state index < -0.39 is 12.0 Å². The minimum Gasteiger partial charge on any atom is -0.493 e. The Morgan fingerprint density at radius 1 is 1.10 bits per heavy atom. The van der Waals surface area contributed by atoms with Crippen molar-refractivity contribution in [1.82, 2.24) is 4.90 Å². The summed E-state index contributed by atoms with van der Waals surface area (Å²) in [6, 6.07) is 2.72. The lowest BCUT2D eigenvalue weighted by Gasteiger charge is -2.25. The number of rotatable bonds is 6. The number of carboxylic acid groups (broad SMARTS) is 1. The summed E-state index contributed by atoms with van der Waals surface area (Å²) in [5.74, 6) is 0.537. The predicted octanol–water partition coefficient (Wildman–Crippen LogP) is 1.93. The van der Waals surface area contributed by atoms with E-state index in [-0.39, 0.29) is 0 Å². The van der Waals surface area contributed by atoms with Crippen LogP contribution in [0, 0.1) is 0 Å². The van der Waals surface area contributed by atoms with Gasteiger partial charge in [0.15, 0.2) is 11.5 Å². The van der Waals surface area contributed by atoms with Gasteiger partial charge in [0, 0.05) is 0 Å². The van der Waals surface area contributed by atoms with Crippen LogP contribution in [0.25, 0.3) is 0 Å². The van der Waals surface area contributed by atoms with Gasteiger partial charge in [0.1, 0.15) is 6.04 Å². The third kappa shape index (κ3) is 3.05. The summed E-state index contributed by atoms with van der Waals surface area (Å²) >= 11 is 0. The first-order valence-corrected chi connectivity index (χ1v) is 6.89. The monoisotopic (exact) mass is 295 g/mol. The second kappa shape index (κ2) is 6.67. The highest BCUT2D eigenvalue weighted by atomic mass is 16.5. The Labute approximate surface area is 124 Å². The van der Waals surface area contributed by atoms with Crippen LogP contribution < -0.4 is 14.2 Å². The van der Waals surface area contributed by atoms with Crippen molar-refractivity contribution in [2.75, 3.05) is 34.4 Å². The van der Waals surface area contributed by atoms with E-state index in [0.29, 0.717) is 22.8 Å². The fraction of sp³-hybridized carbons (Fsp3) is 0.533. The predicted molar refractivity (Wildman–Crippen MR) is 77.3 cm³/mol. The first-order valence-electron chi connectivity index (χ1n) is 6.89. The van der Waals surface area contributed by atoms with Crippen molar-refractivity contribution < 1.29 is 24.1 Å². The molecule has 0 aromatic heterocycles. The lowest BCUT2D eigenvalue weighted by atomic mass is 10.0. The van der Waals surface area contributed by atoms with Gasteiger partial charge < -0.3 is 19.3 Å². The minimum atomic E-state index is -0.869. The van der Waals surface area contributed by atoms with Crippen LogP contribution in [0.1, 0.15) is 24.4 Å². The Kier molecular flexibility index (Phi) is 4.90. The zero-order chi connectivity index (χ0) is 15.4. The average molecular weight is 295 g/mol. The second-order valence-electron chi connectivity index (χ2n) is 4.94. The van der Waals surface area contributed by atoms with Crippen molar-refractivity contribution in [1.29, 1.82) is 0 Å². The summed E-state index contributed by atoms with van der Waals surface area (Å²) in [4.78, 5) is 13.6. The molecule has 0 bridgehead atoms.